The Morgan fingerprint density at radius 2 is 1.93 bits per heavy atom. The molecule has 0 unspecified atom stereocenters. The van der Waals surface area contributed by atoms with Crippen LogP contribution in [-0.2, 0) is 6.42 Å². The van der Waals surface area contributed by atoms with E-state index in [9.17, 15) is 4.79 Å². The summed E-state index contributed by atoms with van der Waals surface area (Å²) in [5.74, 6) is 0. The molecule has 0 fully saturated rings. The molecule has 0 atom stereocenters. The molecule has 0 spiro atoms. The van der Waals surface area contributed by atoms with Crippen LogP contribution in [0.1, 0.15) is 12.5 Å². The molecule has 0 saturated heterocycles. The molecule has 0 aromatic heterocycles. The quantitative estimate of drug-likeness (QED) is 0.812. The SMILES string of the molecule is CCNC(=O)NCCc1ccc(Cl)cc1. The van der Waals surface area contributed by atoms with Crippen molar-refractivity contribution in [3.05, 3.63) is 34.9 Å². The lowest BCUT2D eigenvalue weighted by Crippen LogP contribution is -2.36. The van der Waals surface area contributed by atoms with Gasteiger partial charge in [0, 0.05) is 18.1 Å². The van der Waals surface area contributed by atoms with Gasteiger partial charge in [-0.15, -0.1) is 0 Å². The van der Waals surface area contributed by atoms with Crippen LogP contribution in [0, 0.1) is 0 Å². The molecule has 0 heterocycles. The molecule has 3 nitrogen and oxygen atoms in total. The first-order chi connectivity index (χ1) is 7.22. The van der Waals surface area contributed by atoms with Crippen LogP contribution in [0.3, 0.4) is 0 Å². The second-order valence-electron chi connectivity index (χ2n) is 3.16. The lowest BCUT2D eigenvalue weighted by Gasteiger charge is -2.05. The van der Waals surface area contributed by atoms with Gasteiger partial charge in [-0.2, -0.15) is 0 Å². The minimum Gasteiger partial charge on any atom is -0.338 e. The molecule has 1 aromatic rings. The zero-order chi connectivity index (χ0) is 11.1. The number of halogens is 1. The third-order valence-electron chi connectivity index (χ3n) is 1.95. The van der Waals surface area contributed by atoms with Gasteiger partial charge in [0.15, 0.2) is 0 Å². The lowest BCUT2D eigenvalue weighted by atomic mass is 10.1. The summed E-state index contributed by atoms with van der Waals surface area (Å²) in [5, 5.41) is 6.17. The van der Waals surface area contributed by atoms with Crippen molar-refractivity contribution in [3.63, 3.8) is 0 Å². The van der Waals surface area contributed by atoms with Gasteiger partial charge < -0.3 is 10.6 Å². The molecular weight excluding hydrogens is 212 g/mol. The highest BCUT2D eigenvalue weighted by Crippen LogP contribution is 2.09. The Morgan fingerprint density at radius 1 is 1.27 bits per heavy atom. The second kappa shape index (κ2) is 6.30. The Kier molecular flexibility index (Phi) is 4.98. The van der Waals surface area contributed by atoms with Crippen LogP contribution < -0.4 is 10.6 Å². The fourth-order valence-electron chi connectivity index (χ4n) is 1.19. The number of hydrogen-bond acceptors (Lipinski definition) is 1. The third-order valence-corrected chi connectivity index (χ3v) is 2.20. The summed E-state index contributed by atoms with van der Waals surface area (Å²) in [6, 6.07) is 7.50. The molecule has 1 aromatic carbocycles. The van der Waals surface area contributed by atoms with Crippen molar-refractivity contribution in [1.82, 2.24) is 10.6 Å². The van der Waals surface area contributed by atoms with Gasteiger partial charge in [-0.05, 0) is 31.0 Å². The van der Waals surface area contributed by atoms with Crippen LogP contribution in [0.4, 0.5) is 4.79 Å². The monoisotopic (exact) mass is 226 g/mol. The lowest BCUT2D eigenvalue weighted by molar-refractivity contribution is 0.241. The maximum absolute atomic E-state index is 11.0. The normalized spacial score (nSPS) is 9.73. The number of benzene rings is 1. The number of rotatable bonds is 4. The molecule has 4 heteroatoms. The molecule has 0 aliphatic heterocycles. The third kappa shape index (κ3) is 4.70. The maximum atomic E-state index is 11.0. The first-order valence-electron chi connectivity index (χ1n) is 4.98. The van der Waals surface area contributed by atoms with E-state index in [2.05, 4.69) is 10.6 Å². The second-order valence-corrected chi connectivity index (χ2v) is 3.60. The van der Waals surface area contributed by atoms with E-state index in [0.29, 0.717) is 13.1 Å². The van der Waals surface area contributed by atoms with Crippen LogP contribution >= 0.6 is 11.6 Å². The van der Waals surface area contributed by atoms with Gasteiger partial charge in [-0.25, -0.2) is 4.79 Å². The minimum atomic E-state index is -0.119. The Morgan fingerprint density at radius 3 is 2.53 bits per heavy atom. The van der Waals surface area contributed by atoms with Gasteiger partial charge in [-0.1, -0.05) is 23.7 Å². The molecule has 1 rings (SSSR count). The van der Waals surface area contributed by atoms with Crippen LogP contribution in [-0.4, -0.2) is 19.1 Å². The van der Waals surface area contributed by atoms with E-state index in [1.54, 1.807) is 0 Å². The van der Waals surface area contributed by atoms with E-state index in [-0.39, 0.29) is 6.03 Å². The summed E-state index contributed by atoms with van der Waals surface area (Å²) < 4.78 is 0. The molecule has 2 N–H and O–H groups in total. The fraction of sp³-hybridized carbons (Fsp3) is 0.364. The summed E-state index contributed by atoms with van der Waals surface area (Å²) in [5.41, 5.74) is 1.16. The molecule has 15 heavy (non-hydrogen) atoms. The Bertz CT molecular complexity index is 311. The van der Waals surface area contributed by atoms with E-state index >= 15 is 0 Å². The Balaban J connectivity index is 2.26. The molecular formula is C11H15ClN2O. The summed E-state index contributed by atoms with van der Waals surface area (Å²) in [4.78, 5) is 11.0. The summed E-state index contributed by atoms with van der Waals surface area (Å²) in [6.07, 6.45) is 0.814. The van der Waals surface area contributed by atoms with Gasteiger partial charge in [0.25, 0.3) is 0 Å². The zero-order valence-corrected chi connectivity index (χ0v) is 9.47. The first-order valence-corrected chi connectivity index (χ1v) is 5.36. The molecule has 0 aliphatic rings. The van der Waals surface area contributed by atoms with Crippen molar-refractivity contribution in [3.8, 4) is 0 Å². The number of nitrogens with one attached hydrogen (secondary N) is 2. The van der Waals surface area contributed by atoms with E-state index in [1.807, 2.05) is 31.2 Å². The van der Waals surface area contributed by atoms with Gasteiger partial charge in [0.1, 0.15) is 0 Å². The fourth-order valence-corrected chi connectivity index (χ4v) is 1.32. The average Bonchev–Trinajstić information content (AvgIpc) is 2.21. The Labute approximate surface area is 94.8 Å². The highest BCUT2D eigenvalue weighted by Gasteiger charge is 1.97. The highest BCUT2D eigenvalue weighted by atomic mass is 35.5. The largest absolute Gasteiger partial charge is 0.338 e. The Hall–Kier alpha value is -1.22. The summed E-state index contributed by atoms with van der Waals surface area (Å²) in [6.45, 7) is 3.17. The molecule has 0 bridgehead atoms. The first kappa shape index (κ1) is 11.9. The predicted molar refractivity (Wildman–Crippen MR) is 62.2 cm³/mol. The maximum Gasteiger partial charge on any atom is 0.314 e. The van der Waals surface area contributed by atoms with Crippen LogP contribution in [0.25, 0.3) is 0 Å². The van der Waals surface area contributed by atoms with Crippen LogP contribution in [0.2, 0.25) is 5.02 Å². The molecule has 82 valence electrons. The van der Waals surface area contributed by atoms with Gasteiger partial charge in [0.2, 0.25) is 0 Å². The van der Waals surface area contributed by atoms with Crippen LogP contribution in [0.15, 0.2) is 24.3 Å². The summed E-state index contributed by atoms with van der Waals surface area (Å²) >= 11 is 5.76. The van der Waals surface area contributed by atoms with Crippen LogP contribution in [0.5, 0.6) is 0 Å². The van der Waals surface area contributed by atoms with Crippen molar-refractivity contribution in [2.24, 2.45) is 0 Å². The number of carbonyl (C=O) groups is 1. The number of carbonyl (C=O) groups excluding carboxylic acids is 1. The summed E-state index contributed by atoms with van der Waals surface area (Å²) in [7, 11) is 0. The number of amides is 2. The van der Waals surface area contributed by atoms with Crippen molar-refractivity contribution < 1.29 is 4.79 Å². The molecule has 0 aliphatic carbocycles. The predicted octanol–water partition coefficient (Wildman–Crippen LogP) is 2.20. The van der Waals surface area contributed by atoms with Crippen molar-refractivity contribution in [2.45, 2.75) is 13.3 Å². The number of hydrogen-bond donors (Lipinski definition) is 2. The molecule has 0 radical (unpaired) electrons. The minimum absolute atomic E-state index is 0.119. The van der Waals surface area contributed by atoms with Crippen molar-refractivity contribution in [2.75, 3.05) is 13.1 Å². The van der Waals surface area contributed by atoms with Gasteiger partial charge in [0.05, 0.1) is 0 Å². The van der Waals surface area contributed by atoms with Gasteiger partial charge >= 0.3 is 6.03 Å². The van der Waals surface area contributed by atoms with E-state index in [4.69, 9.17) is 11.6 Å². The smallest absolute Gasteiger partial charge is 0.314 e. The molecule has 0 saturated carbocycles. The average molecular weight is 227 g/mol. The van der Waals surface area contributed by atoms with E-state index in [0.717, 1.165) is 17.0 Å². The number of urea groups is 1. The van der Waals surface area contributed by atoms with E-state index < -0.39 is 0 Å². The zero-order valence-electron chi connectivity index (χ0n) is 8.72. The highest BCUT2D eigenvalue weighted by molar-refractivity contribution is 6.30. The van der Waals surface area contributed by atoms with Gasteiger partial charge in [-0.3, -0.25) is 0 Å². The van der Waals surface area contributed by atoms with Crippen molar-refractivity contribution in [1.29, 1.82) is 0 Å². The topological polar surface area (TPSA) is 41.1 Å². The van der Waals surface area contributed by atoms with Crippen molar-refractivity contribution >= 4 is 17.6 Å². The molecule has 2 amide bonds. The standard InChI is InChI=1S/C11H15ClN2O/c1-2-13-11(15)14-8-7-9-3-5-10(12)6-4-9/h3-6H,2,7-8H2,1H3,(H2,13,14,15). The van der Waals surface area contributed by atoms with E-state index in [1.165, 1.54) is 0 Å².